The van der Waals surface area contributed by atoms with Gasteiger partial charge in [-0.25, -0.2) is 17.5 Å². The summed E-state index contributed by atoms with van der Waals surface area (Å²) < 4.78 is 48.7. The van der Waals surface area contributed by atoms with Gasteiger partial charge in [-0.1, -0.05) is 18.2 Å². The molecule has 1 aliphatic heterocycles. The number of amides is 1. The summed E-state index contributed by atoms with van der Waals surface area (Å²) in [5.41, 5.74) is 0.724. The number of aliphatic hydroxyl groups excluding tert-OH is 1. The Labute approximate surface area is 199 Å². The molecule has 2 aromatic rings. The van der Waals surface area contributed by atoms with E-state index in [1.807, 2.05) is 6.92 Å². The molecule has 188 valence electrons. The summed E-state index contributed by atoms with van der Waals surface area (Å²) in [5.74, 6) is -1.01. The van der Waals surface area contributed by atoms with Crippen molar-refractivity contribution in [2.75, 3.05) is 26.7 Å². The highest BCUT2D eigenvalue weighted by molar-refractivity contribution is 7.89. The number of carbonyl (C=O) groups is 1. The maximum atomic E-state index is 13.7. The maximum absolute atomic E-state index is 13.7. The SMILES string of the molecule is C[C@@H]1CN([C@H](C)CO)C(=O)CCCn2nncc2CO[C@H]1CN(C)S(=O)(=O)c1cccc(F)c1. The number of nitrogens with zero attached hydrogens (tertiary/aromatic N) is 5. The zero-order valence-corrected chi connectivity index (χ0v) is 20.5. The van der Waals surface area contributed by atoms with E-state index in [-0.39, 0.29) is 49.4 Å². The molecule has 0 radical (unpaired) electrons. The van der Waals surface area contributed by atoms with Crippen LogP contribution in [-0.4, -0.2) is 82.5 Å². The van der Waals surface area contributed by atoms with Gasteiger partial charge in [-0.15, -0.1) is 5.10 Å². The summed E-state index contributed by atoms with van der Waals surface area (Å²) in [6.07, 6.45) is 1.84. The number of likely N-dealkylation sites (N-methyl/N-ethyl adjacent to an activating group) is 1. The average molecular weight is 498 g/mol. The molecule has 1 aliphatic rings. The van der Waals surface area contributed by atoms with Gasteiger partial charge in [0, 0.05) is 39.0 Å². The third kappa shape index (κ3) is 6.17. The van der Waals surface area contributed by atoms with E-state index < -0.39 is 28.0 Å². The monoisotopic (exact) mass is 497 g/mol. The number of rotatable bonds is 6. The minimum absolute atomic E-state index is 0.0168. The van der Waals surface area contributed by atoms with Crippen LogP contribution in [0.4, 0.5) is 4.39 Å². The van der Waals surface area contributed by atoms with Gasteiger partial charge < -0.3 is 14.7 Å². The molecule has 34 heavy (non-hydrogen) atoms. The van der Waals surface area contributed by atoms with Gasteiger partial charge in [-0.2, -0.15) is 4.31 Å². The lowest BCUT2D eigenvalue weighted by molar-refractivity contribution is -0.136. The van der Waals surface area contributed by atoms with Gasteiger partial charge in [0.1, 0.15) is 5.82 Å². The van der Waals surface area contributed by atoms with Crippen LogP contribution in [0, 0.1) is 11.7 Å². The highest BCUT2D eigenvalue weighted by Crippen LogP contribution is 2.21. The van der Waals surface area contributed by atoms with E-state index in [9.17, 15) is 22.7 Å². The number of benzene rings is 1. The number of halogens is 1. The molecule has 0 saturated carbocycles. The molecule has 1 aromatic heterocycles. The van der Waals surface area contributed by atoms with Crippen LogP contribution in [0.1, 0.15) is 32.4 Å². The Hall–Kier alpha value is -2.41. The van der Waals surface area contributed by atoms with Gasteiger partial charge >= 0.3 is 0 Å². The predicted octanol–water partition coefficient (Wildman–Crippen LogP) is 1.26. The summed E-state index contributed by atoms with van der Waals surface area (Å²) in [7, 11) is -2.55. The van der Waals surface area contributed by atoms with E-state index in [2.05, 4.69) is 10.3 Å². The van der Waals surface area contributed by atoms with E-state index in [0.717, 1.165) is 16.1 Å². The topological polar surface area (TPSA) is 118 Å². The van der Waals surface area contributed by atoms with Crippen LogP contribution in [-0.2, 0) is 32.7 Å². The second-order valence-electron chi connectivity index (χ2n) is 8.70. The number of carbonyl (C=O) groups excluding carboxylic acids is 1. The van der Waals surface area contributed by atoms with Crippen molar-refractivity contribution >= 4 is 15.9 Å². The molecule has 0 spiro atoms. The van der Waals surface area contributed by atoms with Crippen molar-refractivity contribution < 1.29 is 27.4 Å². The van der Waals surface area contributed by atoms with Crippen LogP contribution in [0.3, 0.4) is 0 Å². The molecular weight excluding hydrogens is 465 g/mol. The Bertz CT molecular complexity index is 1080. The second kappa shape index (κ2) is 11.3. The molecule has 3 atom stereocenters. The number of hydrogen-bond donors (Lipinski definition) is 1. The van der Waals surface area contributed by atoms with Crippen LogP contribution in [0.15, 0.2) is 35.4 Å². The first-order chi connectivity index (χ1) is 16.1. The van der Waals surface area contributed by atoms with E-state index >= 15 is 0 Å². The standard InChI is InChI=1S/C22H32FN5O5S/c1-16-12-27(17(2)14-29)22(30)8-5-9-28-19(11-24-25-28)15-33-21(16)13-26(3)34(31,32)20-7-4-6-18(23)10-20/h4,6-7,10-11,16-17,21,29H,5,8-9,12-15H2,1-3H3/t16-,17-,21+/m1/s1. The van der Waals surface area contributed by atoms with Crippen LogP contribution >= 0.6 is 0 Å². The van der Waals surface area contributed by atoms with Crippen LogP contribution in [0.25, 0.3) is 0 Å². The third-order valence-electron chi connectivity index (χ3n) is 6.08. The minimum atomic E-state index is -3.97. The van der Waals surface area contributed by atoms with Gasteiger partial charge in [-0.3, -0.25) is 4.79 Å². The van der Waals surface area contributed by atoms with Crippen LogP contribution in [0.5, 0.6) is 0 Å². The molecule has 0 saturated heterocycles. The van der Waals surface area contributed by atoms with Crippen LogP contribution < -0.4 is 0 Å². The zero-order chi connectivity index (χ0) is 24.9. The summed E-state index contributed by atoms with van der Waals surface area (Å²) in [5, 5.41) is 17.7. The molecular formula is C22H32FN5O5S. The highest BCUT2D eigenvalue weighted by Gasteiger charge is 2.31. The zero-order valence-electron chi connectivity index (χ0n) is 19.7. The van der Waals surface area contributed by atoms with Gasteiger partial charge in [0.15, 0.2) is 0 Å². The normalized spacial score (nSPS) is 21.6. The number of aryl methyl sites for hydroxylation is 1. The largest absolute Gasteiger partial charge is 0.394 e. The number of aromatic nitrogens is 3. The summed E-state index contributed by atoms with van der Waals surface area (Å²) in [4.78, 5) is 14.4. The van der Waals surface area contributed by atoms with Gasteiger partial charge in [0.05, 0.1) is 42.1 Å². The van der Waals surface area contributed by atoms with Crippen molar-refractivity contribution in [3.63, 3.8) is 0 Å². The summed E-state index contributed by atoms with van der Waals surface area (Å²) in [6.45, 7) is 4.37. The quantitative estimate of drug-likeness (QED) is 0.638. The lowest BCUT2D eigenvalue weighted by Crippen LogP contribution is -2.47. The van der Waals surface area contributed by atoms with E-state index in [1.54, 1.807) is 22.7 Å². The average Bonchev–Trinajstić information content (AvgIpc) is 3.25. The Morgan fingerprint density at radius 3 is 2.85 bits per heavy atom. The first-order valence-corrected chi connectivity index (χ1v) is 12.7. The lowest BCUT2D eigenvalue weighted by Gasteiger charge is -2.35. The van der Waals surface area contributed by atoms with Gasteiger partial charge in [0.2, 0.25) is 15.9 Å². The van der Waals surface area contributed by atoms with Crippen LogP contribution in [0.2, 0.25) is 0 Å². The second-order valence-corrected chi connectivity index (χ2v) is 10.7. The van der Waals surface area contributed by atoms with E-state index in [1.165, 1.54) is 25.2 Å². The van der Waals surface area contributed by atoms with Crippen molar-refractivity contribution in [1.82, 2.24) is 24.2 Å². The fraction of sp³-hybridized carbons (Fsp3) is 0.591. The predicted molar refractivity (Wildman–Crippen MR) is 121 cm³/mol. The molecule has 1 amide bonds. The molecule has 0 unspecified atom stereocenters. The molecule has 10 nitrogen and oxygen atoms in total. The molecule has 0 fully saturated rings. The highest BCUT2D eigenvalue weighted by atomic mass is 32.2. The summed E-state index contributed by atoms with van der Waals surface area (Å²) >= 11 is 0. The summed E-state index contributed by atoms with van der Waals surface area (Å²) in [6, 6.07) is 4.45. The molecule has 2 heterocycles. The molecule has 3 rings (SSSR count). The Morgan fingerprint density at radius 1 is 1.38 bits per heavy atom. The molecule has 1 N–H and O–H groups in total. The van der Waals surface area contributed by atoms with E-state index in [4.69, 9.17) is 4.74 Å². The van der Waals surface area contributed by atoms with Crippen molar-refractivity contribution in [2.45, 2.75) is 56.9 Å². The van der Waals surface area contributed by atoms with Crippen molar-refractivity contribution in [3.8, 4) is 0 Å². The maximum Gasteiger partial charge on any atom is 0.243 e. The lowest BCUT2D eigenvalue weighted by atomic mass is 10.0. The Morgan fingerprint density at radius 2 is 2.15 bits per heavy atom. The smallest absolute Gasteiger partial charge is 0.243 e. The molecule has 0 bridgehead atoms. The first kappa shape index (κ1) is 26.2. The number of fused-ring (bicyclic) bond motifs is 1. The van der Waals surface area contributed by atoms with E-state index in [0.29, 0.717) is 13.0 Å². The van der Waals surface area contributed by atoms with Gasteiger partial charge in [-0.05, 0) is 31.5 Å². The Balaban J connectivity index is 1.87. The van der Waals surface area contributed by atoms with Gasteiger partial charge in [0.25, 0.3) is 0 Å². The minimum Gasteiger partial charge on any atom is -0.394 e. The number of ether oxygens (including phenoxy) is 1. The Kier molecular flexibility index (Phi) is 8.74. The van der Waals surface area contributed by atoms with Crippen molar-refractivity contribution in [2.24, 2.45) is 5.92 Å². The number of hydrogen-bond acceptors (Lipinski definition) is 7. The molecule has 12 heteroatoms. The molecule has 1 aromatic carbocycles. The fourth-order valence-corrected chi connectivity index (χ4v) is 5.12. The molecule has 0 aliphatic carbocycles. The van der Waals surface area contributed by atoms with Crippen molar-refractivity contribution in [3.05, 3.63) is 42.0 Å². The fourth-order valence-electron chi connectivity index (χ4n) is 3.90. The third-order valence-corrected chi connectivity index (χ3v) is 7.90. The van der Waals surface area contributed by atoms with Crippen molar-refractivity contribution in [1.29, 1.82) is 0 Å². The first-order valence-electron chi connectivity index (χ1n) is 11.2. The number of sulfonamides is 1. The number of aliphatic hydroxyl groups is 1.